The molecule has 0 saturated heterocycles. The molecule has 0 aliphatic heterocycles. The van der Waals surface area contributed by atoms with Crippen molar-refractivity contribution in [2.45, 2.75) is 13.8 Å². The van der Waals surface area contributed by atoms with E-state index < -0.39 is 0 Å². The van der Waals surface area contributed by atoms with Gasteiger partial charge in [0, 0.05) is 11.1 Å². The first-order valence-corrected chi connectivity index (χ1v) is 6.17. The fourth-order valence-corrected chi connectivity index (χ4v) is 2.52. The molecule has 90 valence electrons. The van der Waals surface area contributed by atoms with Gasteiger partial charge in [-0.05, 0) is 31.5 Å². The van der Waals surface area contributed by atoms with Crippen molar-refractivity contribution >= 4 is 22.2 Å². The van der Waals surface area contributed by atoms with E-state index in [0.29, 0.717) is 16.3 Å². The van der Waals surface area contributed by atoms with Crippen LogP contribution in [0, 0.1) is 25.2 Å². The second-order valence-electron chi connectivity index (χ2n) is 3.77. The predicted octanol–water partition coefficient (Wildman–Crippen LogP) is 2.88. The van der Waals surface area contributed by atoms with Crippen LogP contribution in [0.1, 0.15) is 26.5 Å². The molecule has 1 amide bonds. The molecular formula is C13H11N3OS. The van der Waals surface area contributed by atoms with E-state index in [4.69, 9.17) is 5.26 Å². The van der Waals surface area contributed by atoms with Crippen LogP contribution in [-0.4, -0.2) is 10.9 Å². The lowest BCUT2D eigenvalue weighted by atomic mass is 10.2. The van der Waals surface area contributed by atoms with E-state index in [0.717, 1.165) is 10.4 Å². The number of carbonyl (C=O) groups is 1. The Balaban J connectivity index is 2.28. The number of nitrogens with zero attached hydrogens (tertiary/aromatic N) is 2. The lowest BCUT2D eigenvalue weighted by molar-refractivity contribution is 0.102. The molecule has 0 bridgehead atoms. The molecule has 0 atom stereocenters. The molecule has 0 aromatic carbocycles. The Kier molecular flexibility index (Phi) is 3.40. The molecule has 2 aromatic rings. The molecule has 0 radical (unpaired) electrons. The number of nitrogens with one attached hydrogen (secondary N) is 1. The van der Waals surface area contributed by atoms with Crippen molar-refractivity contribution in [3.05, 3.63) is 46.1 Å². The summed E-state index contributed by atoms with van der Waals surface area (Å²) in [5.41, 5.74) is 1.78. The summed E-state index contributed by atoms with van der Waals surface area (Å²) in [5.74, 6) is -0.298. The van der Waals surface area contributed by atoms with Gasteiger partial charge in [0.2, 0.25) is 0 Å². The van der Waals surface area contributed by atoms with Crippen LogP contribution >= 0.6 is 11.3 Å². The summed E-state index contributed by atoms with van der Waals surface area (Å²) in [6.45, 7) is 3.80. The van der Waals surface area contributed by atoms with Crippen molar-refractivity contribution in [3.63, 3.8) is 0 Å². The second kappa shape index (κ2) is 4.98. The highest BCUT2D eigenvalue weighted by Gasteiger charge is 2.15. The number of nitriles is 1. The van der Waals surface area contributed by atoms with Gasteiger partial charge >= 0.3 is 0 Å². The zero-order valence-electron chi connectivity index (χ0n) is 10.0. The quantitative estimate of drug-likeness (QED) is 0.899. The highest BCUT2D eigenvalue weighted by molar-refractivity contribution is 7.16. The fraction of sp³-hybridized carbons (Fsp3) is 0.154. The van der Waals surface area contributed by atoms with Gasteiger partial charge in [-0.3, -0.25) is 9.78 Å². The molecule has 2 heterocycles. The lowest BCUT2D eigenvalue weighted by Gasteiger charge is -2.02. The van der Waals surface area contributed by atoms with Crippen LogP contribution in [0.25, 0.3) is 0 Å². The van der Waals surface area contributed by atoms with Gasteiger partial charge in [0.1, 0.15) is 16.8 Å². The highest BCUT2D eigenvalue weighted by atomic mass is 32.1. The number of hydrogen-bond donors (Lipinski definition) is 1. The number of hydrogen-bond acceptors (Lipinski definition) is 4. The van der Waals surface area contributed by atoms with E-state index in [9.17, 15) is 4.79 Å². The summed E-state index contributed by atoms with van der Waals surface area (Å²) in [6, 6.07) is 7.25. The Morgan fingerprint density at radius 2 is 2.22 bits per heavy atom. The van der Waals surface area contributed by atoms with Gasteiger partial charge in [0.05, 0.1) is 5.56 Å². The third kappa shape index (κ3) is 2.24. The number of anilines is 1. The molecular weight excluding hydrogens is 246 g/mol. The van der Waals surface area contributed by atoms with E-state index >= 15 is 0 Å². The van der Waals surface area contributed by atoms with E-state index in [1.54, 1.807) is 24.4 Å². The van der Waals surface area contributed by atoms with Crippen LogP contribution in [0.2, 0.25) is 0 Å². The number of rotatable bonds is 2. The third-order valence-electron chi connectivity index (χ3n) is 2.62. The molecule has 0 saturated carbocycles. The number of aromatic nitrogens is 1. The van der Waals surface area contributed by atoms with Gasteiger partial charge in [0.25, 0.3) is 5.91 Å². The first kappa shape index (κ1) is 12.3. The number of thiophene rings is 1. The SMILES string of the molecule is Cc1sc(NC(=O)c2ccccn2)c(C#N)c1C. The predicted molar refractivity (Wildman–Crippen MR) is 70.7 cm³/mol. The summed E-state index contributed by atoms with van der Waals surface area (Å²) >= 11 is 1.41. The second-order valence-corrected chi connectivity index (χ2v) is 4.99. The Labute approximate surface area is 109 Å². The Hall–Kier alpha value is -2.19. The molecule has 0 fully saturated rings. The Bertz CT molecular complexity index is 626. The smallest absolute Gasteiger partial charge is 0.274 e. The van der Waals surface area contributed by atoms with E-state index in [1.165, 1.54) is 11.3 Å². The van der Waals surface area contributed by atoms with Crippen LogP contribution in [0.5, 0.6) is 0 Å². The maximum Gasteiger partial charge on any atom is 0.274 e. The van der Waals surface area contributed by atoms with Crippen molar-refractivity contribution in [1.82, 2.24) is 4.98 Å². The van der Waals surface area contributed by atoms with Crippen LogP contribution in [0.4, 0.5) is 5.00 Å². The summed E-state index contributed by atoms with van der Waals surface area (Å²) in [7, 11) is 0. The fourth-order valence-electron chi connectivity index (χ4n) is 1.51. The van der Waals surface area contributed by atoms with Gasteiger partial charge in [-0.15, -0.1) is 11.3 Å². The average molecular weight is 257 g/mol. The average Bonchev–Trinajstić information content (AvgIpc) is 2.65. The van der Waals surface area contributed by atoms with Gasteiger partial charge in [0.15, 0.2) is 0 Å². The van der Waals surface area contributed by atoms with Gasteiger partial charge < -0.3 is 5.32 Å². The zero-order valence-corrected chi connectivity index (χ0v) is 10.8. The molecule has 0 aliphatic rings. The molecule has 0 spiro atoms. The number of amides is 1. The van der Waals surface area contributed by atoms with E-state index in [2.05, 4.69) is 16.4 Å². The van der Waals surface area contributed by atoms with Crippen molar-refractivity contribution in [2.75, 3.05) is 5.32 Å². The van der Waals surface area contributed by atoms with Crippen molar-refractivity contribution in [2.24, 2.45) is 0 Å². The minimum absolute atomic E-state index is 0.298. The first-order valence-electron chi connectivity index (χ1n) is 5.36. The van der Waals surface area contributed by atoms with Crippen molar-refractivity contribution < 1.29 is 4.79 Å². The largest absolute Gasteiger partial charge is 0.311 e. The maximum absolute atomic E-state index is 11.9. The van der Waals surface area contributed by atoms with E-state index in [1.807, 2.05) is 13.8 Å². The minimum Gasteiger partial charge on any atom is -0.311 e. The standard InChI is InChI=1S/C13H11N3OS/c1-8-9(2)18-13(10(8)7-14)16-12(17)11-5-3-4-6-15-11/h3-6H,1-2H3,(H,16,17). The number of aryl methyl sites for hydroxylation is 1. The molecule has 18 heavy (non-hydrogen) atoms. The third-order valence-corrected chi connectivity index (χ3v) is 3.74. The molecule has 4 nitrogen and oxygen atoms in total. The monoisotopic (exact) mass is 257 g/mol. The minimum atomic E-state index is -0.298. The zero-order chi connectivity index (χ0) is 13.1. The van der Waals surface area contributed by atoms with Gasteiger partial charge in [-0.1, -0.05) is 6.07 Å². The Morgan fingerprint density at radius 1 is 1.44 bits per heavy atom. The van der Waals surface area contributed by atoms with Gasteiger partial charge in [-0.2, -0.15) is 5.26 Å². The highest BCUT2D eigenvalue weighted by Crippen LogP contribution is 2.31. The van der Waals surface area contributed by atoms with Crippen molar-refractivity contribution in [3.8, 4) is 6.07 Å². The molecule has 2 aromatic heterocycles. The normalized spacial score (nSPS) is 9.83. The van der Waals surface area contributed by atoms with Crippen molar-refractivity contribution in [1.29, 1.82) is 5.26 Å². The summed E-state index contributed by atoms with van der Waals surface area (Å²) in [6.07, 6.45) is 1.56. The van der Waals surface area contributed by atoms with Crippen LogP contribution in [0.3, 0.4) is 0 Å². The van der Waals surface area contributed by atoms with Crippen LogP contribution in [-0.2, 0) is 0 Å². The maximum atomic E-state index is 11.9. The summed E-state index contributed by atoms with van der Waals surface area (Å²) < 4.78 is 0. The topological polar surface area (TPSA) is 65.8 Å². The van der Waals surface area contributed by atoms with Crippen LogP contribution < -0.4 is 5.32 Å². The number of carbonyl (C=O) groups excluding carboxylic acids is 1. The lowest BCUT2D eigenvalue weighted by Crippen LogP contribution is -2.13. The molecule has 0 unspecified atom stereocenters. The Morgan fingerprint density at radius 3 is 2.83 bits per heavy atom. The summed E-state index contributed by atoms with van der Waals surface area (Å²) in [5, 5.41) is 12.4. The number of pyridine rings is 1. The molecule has 0 aliphatic carbocycles. The molecule has 5 heteroatoms. The van der Waals surface area contributed by atoms with Crippen LogP contribution in [0.15, 0.2) is 24.4 Å². The molecule has 2 rings (SSSR count). The summed E-state index contributed by atoms with van der Waals surface area (Å²) in [4.78, 5) is 16.9. The van der Waals surface area contributed by atoms with E-state index in [-0.39, 0.29) is 5.91 Å². The molecule has 1 N–H and O–H groups in total. The first-order chi connectivity index (χ1) is 8.63. The van der Waals surface area contributed by atoms with Gasteiger partial charge in [-0.25, -0.2) is 0 Å².